The van der Waals surface area contributed by atoms with Gasteiger partial charge in [-0.2, -0.15) is 0 Å². The molecule has 0 saturated heterocycles. The van der Waals surface area contributed by atoms with E-state index in [0.29, 0.717) is 6.54 Å². The van der Waals surface area contributed by atoms with Gasteiger partial charge in [-0.1, -0.05) is 23.8 Å². The number of hydrogen-bond donors (Lipinski definition) is 1. The monoisotopic (exact) mass is 299 g/mol. The van der Waals surface area contributed by atoms with Gasteiger partial charge in [0, 0.05) is 6.54 Å². The molecule has 0 unspecified atom stereocenters. The van der Waals surface area contributed by atoms with Gasteiger partial charge in [-0.15, -0.1) is 13.2 Å². The summed E-state index contributed by atoms with van der Waals surface area (Å²) in [5.74, 6) is -0.170. The summed E-state index contributed by atoms with van der Waals surface area (Å²) >= 11 is 0. The van der Waals surface area contributed by atoms with Gasteiger partial charge in [0.05, 0.1) is 0 Å². The SMILES string of the molecule is FC(F)(F)Oc1cccc(CNCCC2=CCCCC2)c1. The number of nitrogens with one attached hydrogen (secondary N) is 1. The summed E-state index contributed by atoms with van der Waals surface area (Å²) in [6.45, 7) is 1.39. The van der Waals surface area contributed by atoms with Crippen LogP contribution in [0.5, 0.6) is 5.75 Å². The van der Waals surface area contributed by atoms with Crippen LogP contribution < -0.4 is 10.1 Å². The van der Waals surface area contributed by atoms with E-state index in [1.165, 1.54) is 43.4 Å². The maximum atomic E-state index is 12.1. The number of halogens is 3. The van der Waals surface area contributed by atoms with Crippen molar-refractivity contribution in [1.29, 1.82) is 0 Å². The van der Waals surface area contributed by atoms with Crippen LogP contribution in [-0.2, 0) is 6.54 Å². The van der Waals surface area contributed by atoms with Gasteiger partial charge in [0.25, 0.3) is 0 Å². The summed E-state index contributed by atoms with van der Waals surface area (Å²) in [7, 11) is 0. The molecule has 0 heterocycles. The Morgan fingerprint density at radius 3 is 2.76 bits per heavy atom. The third-order valence-corrected chi connectivity index (χ3v) is 3.47. The van der Waals surface area contributed by atoms with E-state index in [1.807, 2.05) is 0 Å². The van der Waals surface area contributed by atoms with Crippen molar-refractivity contribution in [3.8, 4) is 5.75 Å². The van der Waals surface area contributed by atoms with E-state index in [1.54, 1.807) is 12.1 Å². The Kier molecular flexibility index (Phi) is 5.67. The molecule has 1 aliphatic carbocycles. The van der Waals surface area contributed by atoms with E-state index < -0.39 is 6.36 Å². The highest BCUT2D eigenvalue weighted by molar-refractivity contribution is 5.28. The van der Waals surface area contributed by atoms with Gasteiger partial charge in [0.2, 0.25) is 0 Å². The minimum absolute atomic E-state index is 0.170. The standard InChI is InChI=1S/C16H20F3NO/c17-16(18,19)21-15-8-4-7-14(11-15)12-20-10-9-13-5-2-1-3-6-13/h4-5,7-8,11,20H,1-3,6,9-10,12H2. The minimum Gasteiger partial charge on any atom is -0.406 e. The molecule has 1 aromatic carbocycles. The zero-order valence-corrected chi connectivity index (χ0v) is 11.9. The van der Waals surface area contributed by atoms with E-state index in [4.69, 9.17) is 0 Å². The molecule has 5 heteroatoms. The van der Waals surface area contributed by atoms with Crippen molar-refractivity contribution in [1.82, 2.24) is 5.32 Å². The quantitative estimate of drug-likeness (QED) is 0.614. The Labute approximate surface area is 123 Å². The third-order valence-electron chi connectivity index (χ3n) is 3.47. The maximum Gasteiger partial charge on any atom is 0.573 e. The van der Waals surface area contributed by atoms with Crippen LogP contribution in [-0.4, -0.2) is 12.9 Å². The summed E-state index contributed by atoms with van der Waals surface area (Å²) < 4.78 is 40.3. The van der Waals surface area contributed by atoms with Crippen molar-refractivity contribution in [2.75, 3.05) is 6.54 Å². The second-order valence-corrected chi connectivity index (χ2v) is 5.23. The van der Waals surface area contributed by atoms with E-state index in [-0.39, 0.29) is 5.75 Å². The largest absolute Gasteiger partial charge is 0.573 e. The van der Waals surface area contributed by atoms with Crippen LogP contribution in [0.1, 0.15) is 37.7 Å². The van der Waals surface area contributed by atoms with Crippen LogP contribution in [0.2, 0.25) is 0 Å². The highest BCUT2D eigenvalue weighted by Gasteiger charge is 2.31. The molecule has 116 valence electrons. The van der Waals surface area contributed by atoms with Crippen molar-refractivity contribution in [2.45, 2.75) is 45.0 Å². The van der Waals surface area contributed by atoms with Gasteiger partial charge < -0.3 is 10.1 Å². The average Bonchev–Trinajstić information content (AvgIpc) is 2.43. The smallest absolute Gasteiger partial charge is 0.406 e. The van der Waals surface area contributed by atoms with Gasteiger partial charge in [-0.3, -0.25) is 0 Å². The molecule has 0 saturated carbocycles. The highest BCUT2D eigenvalue weighted by Crippen LogP contribution is 2.23. The molecule has 0 fully saturated rings. The van der Waals surface area contributed by atoms with E-state index in [0.717, 1.165) is 18.5 Å². The van der Waals surface area contributed by atoms with Gasteiger partial charge in [0.1, 0.15) is 5.75 Å². The Bertz CT molecular complexity index is 483. The summed E-state index contributed by atoms with van der Waals surface area (Å²) in [6.07, 6.45) is 3.58. The Hall–Kier alpha value is -1.49. The van der Waals surface area contributed by atoms with Crippen molar-refractivity contribution < 1.29 is 17.9 Å². The fourth-order valence-corrected chi connectivity index (χ4v) is 2.47. The van der Waals surface area contributed by atoms with Crippen molar-refractivity contribution in [3.63, 3.8) is 0 Å². The summed E-state index contributed by atoms with van der Waals surface area (Å²) in [4.78, 5) is 0. The molecule has 1 aromatic rings. The Morgan fingerprint density at radius 1 is 1.19 bits per heavy atom. The number of allylic oxidation sites excluding steroid dienone is 1. The lowest BCUT2D eigenvalue weighted by atomic mass is 9.97. The first-order valence-electron chi connectivity index (χ1n) is 7.26. The Balaban J connectivity index is 1.75. The molecule has 0 spiro atoms. The molecular formula is C16H20F3NO. The highest BCUT2D eigenvalue weighted by atomic mass is 19.4. The van der Waals surface area contributed by atoms with Gasteiger partial charge in [0.15, 0.2) is 0 Å². The lowest BCUT2D eigenvalue weighted by molar-refractivity contribution is -0.274. The molecule has 2 rings (SSSR count). The predicted molar refractivity (Wildman–Crippen MR) is 76.0 cm³/mol. The number of rotatable bonds is 6. The molecule has 0 atom stereocenters. The van der Waals surface area contributed by atoms with E-state index >= 15 is 0 Å². The summed E-state index contributed by atoms with van der Waals surface area (Å²) in [6, 6.07) is 6.09. The molecule has 0 aliphatic heterocycles. The predicted octanol–water partition coefficient (Wildman–Crippen LogP) is 4.57. The fourth-order valence-electron chi connectivity index (χ4n) is 2.47. The third kappa shape index (κ3) is 6.21. The molecule has 1 N–H and O–H groups in total. The van der Waals surface area contributed by atoms with Crippen molar-refractivity contribution in [2.24, 2.45) is 0 Å². The minimum atomic E-state index is -4.64. The number of alkyl halides is 3. The van der Waals surface area contributed by atoms with E-state index in [9.17, 15) is 13.2 Å². The summed E-state index contributed by atoms with van der Waals surface area (Å²) in [5.41, 5.74) is 2.28. The molecule has 0 amide bonds. The molecule has 0 aromatic heterocycles. The zero-order valence-electron chi connectivity index (χ0n) is 11.9. The second-order valence-electron chi connectivity index (χ2n) is 5.23. The van der Waals surface area contributed by atoms with Gasteiger partial charge in [-0.25, -0.2) is 0 Å². The molecule has 1 aliphatic rings. The number of hydrogen-bond acceptors (Lipinski definition) is 2. The fraction of sp³-hybridized carbons (Fsp3) is 0.500. The molecular weight excluding hydrogens is 279 g/mol. The normalized spacial score (nSPS) is 15.7. The number of ether oxygens (including phenoxy) is 1. The first-order valence-corrected chi connectivity index (χ1v) is 7.26. The maximum absolute atomic E-state index is 12.1. The molecule has 21 heavy (non-hydrogen) atoms. The van der Waals surface area contributed by atoms with Crippen LogP contribution in [0.25, 0.3) is 0 Å². The van der Waals surface area contributed by atoms with Gasteiger partial charge in [-0.05, 0) is 56.3 Å². The van der Waals surface area contributed by atoms with E-state index in [2.05, 4.69) is 16.1 Å². The van der Waals surface area contributed by atoms with Crippen LogP contribution >= 0.6 is 0 Å². The lowest BCUT2D eigenvalue weighted by Crippen LogP contribution is -2.18. The molecule has 2 nitrogen and oxygen atoms in total. The van der Waals surface area contributed by atoms with Crippen LogP contribution in [0.4, 0.5) is 13.2 Å². The average molecular weight is 299 g/mol. The summed E-state index contributed by atoms with van der Waals surface area (Å²) in [5, 5.41) is 3.26. The lowest BCUT2D eigenvalue weighted by Gasteiger charge is -2.13. The van der Waals surface area contributed by atoms with Crippen LogP contribution in [0, 0.1) is 0 Å². The number of benzene rings is 1. The van der Waals surface area contributed by atoms with Crippen molar-refractivity contribution in [3.05, 3.63) is 41.5 Å². The first-order chi connectivity index (χ1) is 10.0. The molecule has 0 radical (unpaired) electrons. The van der Waals surface area contributed by atoms with Crippen LogP contribution in [0.3, 0.4) is 0 Å². The first kappa shape index (κ1) is 15.9. The van der Waals surface area contributed by atoms with Crippen molar-refractivity contribution >= 4 is 0 Å². The Morgan fingerprint density at radius 2 is 2.05 bits per heavy atom. The zero-order chi connectivity index (χ0) is 15.1. The second kappa shape index (κ2) is 7.50. The molecule has 0 bridgehead atoms. The van der Waals surface area contributed by atoms with Gasteiger partial charge >= 0.3 is 6.36 Å². The van der Waals surface area contributed by atoms with Crippen LogP contribution in [0.15, 0.2) is 35.9 Å². The topological polar surface area (TPSA) is 21.3 Å².